The van der Waals surface area contributed by atoms with E-state index in [1.807, 2.05) is 0 Å². The first-order chi connectivity index (χ1) is 12.4. The molecule has 0 fully saturated rings. The molecule has 1 N–H and O–H groups in total. The topological polar surface area (TPSA) is 77.1 Å². The second-order valence-electron chi connectivity index (χ2n) is 6.01. The zero-order valence-electron chi connectivity index (χ0n) is 14.6. The van der Waals surface area contributed by atoms with Crippen LogP contribution in [0, 0.1) is 19.7 Å². The molecule has 1 aromatic carbocycles. The Bertz CT molecular complexity index is 1020. The number of halogens is 1. The second-order valence-corrected chi connectivity index (χ2v) is 6.01. The number of benzene rings is 1. The third-order valence-electron chi connectivity index (χ3n) is 3.94. The van der Waals surface area contributed by atoms with Gasteiger partial charge in [-0.05, 0) is 45.0 Å². The number of aryl methyl sites for hydroxylation is 2. The lowest BCUT2D eigenvalue weighted by molar-refractivity contribution is 0.0927. The number of para-hydroxylation sites is 1. The normalized spacial score (nSPS) is 12.0. The van der Waals surface area contributed by atoms with Crippen LogP contribution in [0.25, 0.3) is 5.69 Å². The van der Waals surface area contributed by atoms with Gasteiger partial charge in [0.2, 0.25) is 5.43 Å². The third-order valence-corrected chi connectivity index (χ3v) is 3.94. The molecule has 2 aromatic heterocycles. The van der Waals surface area contributed by atoms with E-state index in [0.29, 0.717) is 11.5 Å². The predicted octanol–water partition coefficient (Wildman–Crippen LogP) is 3.07. The fourth-order valence-electron chi connectivity index (χ4n) is 2.59. The third kappa shape index (κ3) is 3.42. The van der Waals surface area contributed by atoms with Crippen molar-refractivity contribution in [3.8, 4) is 5.69 Å². The lowest BCUT2D eigenvalue weighted by Crippen LogP contribution is -2.33. The fourth-order valence-corrected chi connectivity index (χ4v) is 2.59. The molecule has 0 saturated carbocycles. The number of rotatable bonds is 4. The van der Waals surface area contributed by atoms with E-state index in [1.54, 1.807) is 45.0 Å². The quantitative estimate of drug-likeness (QED) is 0.780. The van der Waals surface area contributed by atoms with Gasteiger partial charge in [-0.25, -0.2) is 9.07 Å². The summed E-state index contributed by atoms with van der Waals surface area (Å²) in [5, 5.41) is 6.75. The van der Waals surface area contributed by atoms with Crippen LogP contribution in [0.2, 0.25) is 0 Å². The Morgan fingerprint density at radius 2 is 1.96 bits per heavy atom. The van der Waals surface area contributed by atoms with Gasteiger partial charge in [0, 0.05) is 11.8 Å². The van der Waals surface area contributed by atoms with Crippen molar-refractivity contribution in [1.29, 1.82) is 0 Å². The minimum atomic E-state index is -0.651. The van der Waals surface area contributed by atoms with Crippen LogP contribution in [-0.4, -0.2) is 15.7 Å². The summed E-state index contributed by atoms with van der Waals surface area (Å²) in [6.07, 6.45) is 0. The van der Waals surface area contributed by atoms with Crippen LogP contribution in [0.3, 0.4) is 0 Å². The minimum absolute atomic E-state index is 0.161. The number of amides is 1. The molecular formula is C19H18FN3O3. The summed E-state index contributed by atoms with van der Waals surface area (Å²) >= 11 is 0. The Morgan fingerprint density at radius 1 is 1.23 bits per heavy atom. The van der Waals surface area contributed by atoms with E-state index >= 15 is 0 Å². The molecule has 0 aliphatic rings. The largest absolute Gasteiger partial charge is 0.464 e. The van der Waals surface area contributed by atoms with Gasteiger partial charge in [-0.3, -0.25) is 9.59 Å². The molecule has 0 spiro atoms. The first kappa shape index (κ1) is 17.6. The number of hydrogen-bond acceptors (Lipinski definition) is 4. The van der Waals surface area contributed by atoms with E-state index in [0.717, 1.165) is 5.76 Å². The number of hydrogen-bond donors (Lipinski definition) is 1. The van der Waals surface area contributed by atoms with E-state index in [2.05, 4.69) is 10.4 Å². The molecule has 1 unspecified atom stereocenters. The molecule has 1 atom stereocenters. The number of carbonyl (C=O) groups is 1. The monoisotopic (exact) mass is 355 g/mol. The molecule has 134 valence electrons. The average Bonchev–Trinajstić information content (AvgIpc) is 3.02. The van der Waals surface area contributed by atoms with Crippen molar-refractivity contribution in [1.82, 2.24) is 15.1 Å². The van der Waals surface area contributed by atoms with Crippen molar-refractivity contribution in [2.45, 2.75) is 26.8 Å². The van der Waals surface area contributed by atoms with E-state index < -0.39 is 23.2 Å². The Morgan fingerprint density at radius 3 is 2.62 bits per heavy atom. The van der Waals surface area contributed by atoms with Crippen LogP contribution in [0.15, 0.2) is 51.7 Å². The van der Waals surface area contributed by atoms with Crippen LogP contribution in [-0.2, 0) is 0 Å². The highest BCUT2D eigenvalue weighted by Crippen LogP contribution is 2.16. The van der Waals surface area contributed by atoms with Crippen molar-refractivity contribution in [3.05, 3.63) is 81.4 Å². The second kappa shape index (κ2) is 6.95. The molecule has 0 radical (unpaired) electrons. The highest BCUT2D eigenvalue weighted by atomic mass is 19.1. The van der Waals surface area contributed by atoms with Crippen molar-refractivity contribution in [2.75, 3.05) is 0 Å². The van der Waals surface area contributed by atoms with Gasteiger partial charge in [0.05, 0.1) is 6.04 Å². The van der Waals surface area contributed by atoms with E-state index in [-0.39, 0.29) is 11.4 Å². The Labute approximate surface area is 149 Å². The van der Waals surface area contributed by atoms with Gasteiger partial charge in [-0.2, -0.15) is 5.10 Å². The molecule has 0 bridgehead atoms. The van der Waals surface area contributed by atoms with E-state index in [9.17, 15) is 14.0 Å². The maximum absolute atomic E-state index is 14.1. The molecule has 6 nitrogen and oxygen atoms in total. The van der Waals surface area contributed by atoms with Gasteiger partial charge in [0.15, 0.2) is 5.69 Å². The maximum atomic E-state index is 14.1. The van der Waals surface area contributed by atoms with Crippen molar-refractivity contribution in [3.63, 3.8) is 0 Å². The van der Waals surface area contributed by atoms with Gasteiger partial charge in [-0.1, -0.05) is 12.1 Å². The maximum Gasteiger partial charge on any atom is 0.276 e. The van der Waals surface area contributed by atoms with Gasteiger partial charge in [0.25, 0.3) is 5.91 Å². The van der Waals surface area contributed by atoms with Gasteiger partial charge < -0.3 is 9.73 Å². The molecular weight excluding hydrogens is 337 g/mol. The zero-order chi connectivity index (χ0) is 18.8. The summed E-state index contributed by atoms with van der Waals surface area (Å²) < 4.78 is 20.8. The first-order valence-corrected chi connectivity index (χ1v) is 8.10. The van der Waals surface area contributed by atoms with E-state index in [1.165, 1.54) is 22.9 Å². The Kier molecular flexibility index (Phi) is 4.71. The predicted molar refractivity (Wildman–Crippen MR) is 93.9 cm³/mol. The number of furan rings is 1. The molecule has 0 aliphatic heterocycles. The standard InChI is InChI=1S/C19H18FN3O3/c1-11-10-16(24)18(22-23(11)15-7-5-4-6-14(15)20)19(25)21-13(3)17-9-8-12(2)26-17/h4-10,13H,1-3H3,(H,21,25). The lowest BCUT2D eigenvalue weighted by atomic mass is 10.2. The lowest BCUT2D eigenvalue weighted by Gasteiger charge is -2.14. The van der Waals surface area contributed by atoms with Crippen LogP contribution >= 0.6 is 0 Å². The van der Waals surface area contributed by atoms with Crippen LogP contribution in [0.4, 0.5) is 4.39 Å². The Hall–Kier alpha value is -3.22. The summed E-state index contributed by atoms with van der Waals surface area (Å²) in [6.45, 7) is 5.16. The summed E-state index contributed by atoms with van der Waals surface area (Å²) in [5.74, 6) is 0.132. The molecule has 1 amide bonds. The van der Waals surface area contributed by atoms with Crippen molar-refractivity contribution >= 4 is 5.91 Å². The Balaban J connectivity index is 1.95. The summed E-state index contributed by atoms with van der Waals surface area (Å²) in [5.41, 5.74) is -0.260. The zero-order valence-corrected chi connectivity index (χ0v) is 14.6. The minimum Gasteiger partial charge on any atom is -0.464 e. The molecule has 26 heavy (non-hydrogen) atoms. The molecule has 0 saturated heterocycles. The van der Waals surface area contributed by atoms with Gasteiger partial charge >= 0.3 is 0 Å². The van der Waals surface area contributed by atoms with Crippen LogP contribution in [0.5, 0.6) is 0 Å². The van der Waals surface area contributed by atoms with Crippen LogP contribution < -0.4 is 10.7 Å². The highest BCUT2D eigenvalue weighted by Gasteiger charge is 2.20. The van der Waals surface area contributed by atoms with Crippen molar-refractivity contribution < 1.29 is 13.6 Å². The number of nitrogens with one attached hydrogen (secondary N) is 1. The highest BCUT2D eigenvalue weighted by molar-refractivity contribution is 5.92. The molecule has 3 rings (SSSR count). The smallest absolute Gasteiger partial charge is 0.276 e. The molecule has 3 aromatic rings. The van der Waals surface area contributed by atoms with Crippen LogP contribution in [0.1, 0.15) is 40.7 Å². The average molecular weight is 355 g/mol. The summed E-state index contributed by atoms with van der Waals surface area (Å²) in [6, 6.07) is 10.4. The van der Waals surface area contributed by atoms with Crippen molar-refractivity contribution in [2.24, 2.45) is 0 Å². The number of aromatic nitrogens is 2. The SMILES string of the molecule is Cc1ccc(C(C)NC(=O)c2nn(-c3ccccc3F)c(C)cc2=O)o1. The fraction of sp³-hybridized carbons (Fsp3) is 0.211. The molecule has 0 aliphatic carbocycles. The van der Waals surface area contributed by atoms with Gasteiger partial charge in [0.1, 0.15) is 23.0 Å². The summed E-state index contributed by atoms with van der Waals surface area (Å²) in [7, 11) is 0. The number of nitrogens with zero attached hydrogens (tertiary/aromatic N) is 2. The molecule has 7 heteroatoms. The number of carbonyl (C=O) groups excluding carboxylic acids is 1. The molecule has 2 heterocycles. The van der Waals surface area contributed by atoms with E-state index in [4.69, 9.17) is 4.42 Å². The first-order valence-electron chi connectivity index (χ1n) is 8.10. The summed E-state index contributed by atoms with van der Waals surface area (Å²) in [4.78, 5) is 24.7. The van der Waals surface area contributed by atoms with Gasteiger partial charge in [-0.15, -0.1) is 0 Å².